The van der Waals surface area contributed by atoms with Gasteiger partial charge in [0.1, 0.15) is 11.6 Å². The van der Waals surface area contributed by atoms with E-state index in [0.29, 0.717) is 0 Å². The average Bonchev–Trinajstić information content (AvgIpc) is 2.55. The summed E-state index contributed by atoms with van der Waals surface area (Å²) < 4.78 is 7.29. The first-order chi connectivity index (χ1) is 6.76. The molecule has 3 heteroatoms. The molecule has 0 saturated heterocycles. The van der Waals surface area contributed by atoms with Crippen molar-refractivity contribution in [3.8, 4) is 5.75 Å². The first-order valence-electron chi connectivity index (χ1n) is 4.75. The van der Waals surface area contributed by atoms with Crippen LogP contribution >= 0.6 is 0 Å². The highest BCUT2D eigenvalue weighted by Crippen LogP contribution is 2.20. The number of fused-ring (bicyclic) bond motifs is 1. The van der Waals surface area contributed by atoms with E-state index < -0.39 is 0 Å². The number of benzene rings is 1. The summed E-state index contributed by atoms with van der Waals surface area (Å²) in [5.41, 5.74) is 2.16. The maximum absolute atomic E-state index is 5.18. The Balaban J connectivity index is 2.68. The van der Waals surface area contributed by atoms with Gasteiger partial charge in [-0.2, -0.15) is 0 Å². The van der Waals surface area contributed by atoms with Crippen LogP contribution in [0.2, 0.25) is 0 Å². The van der Waals surface area contributed by atoms with Crippen LogP contribution in [-0.4, -0.2) is 16.7 Å². The molecule has 14 heavy (non-hydrogen) atoms. The largest absolute Gasteiger partial charge is 0.497 e. The minimum atomic E-state index is 0.878. The minimum absolute atomic E-state index is 0.878. The molecule has 1 aromatic heterocycles. The van der Waals surface area contributed by atoms with E-state index in [0.717, 1.165) is 29.0 Å². The van der Waals surface area contributed by atoms with Crippen LogP contribution in [-0.2, 0) is 13.5 Å². The molecule has 0 atom stereocenters. The van der Waals surface area contributed by atoms with Gasteiger partial charge in [-0.15, -0.1) is 0 Å². The second kappa shape index (κ2) is 3.33. The summed E-state index contributed by atoms with van der Waals surface area (Å²) in [6, 6.07) is 5.95. The Hall–Kier alpha value is -1.51. The quantitative estimate of drug-likeness (QED) is 0.725. The van der Waals surface area contributed by atoms with Gasteiger partial charge in [0.2, 0.25) is 0 Å². The lowest BCUT2D eigenvalue weighted by Crippen LogP contribution is -1.94. The molecule has 0 spiro atoms. The number of nitrogens with zero attached hydrogens (tertiary/aromatic N) is 2. The van der Waals surface area contributed by atoms with E-state index in [-0.39, 0.29) is 0 Å². The average molecular weight is 190 g/mol. The normalized spacial score (nSPS) is 10.8. The Morgan fingerprint density at radius 2 is 2.21 bits per heavy atom. The van der Waals surface area contributed by atoms with E-state index in [2.05, 4.69) is 16.5 Å². The number of hydrogen-bond acceptors (Lipinski definition) is 2. The molecule has 1 aromatic carbocycles. The van der Waals surface area contributed by atoms with Crippen LogP contribution in [0.15, 0.2) is 18.2 Å². The van der Waals surface area contributed by atoms with Crippen LogP contribution in [0, 0.1) is 0 Å². The number of aryl methyl sites for hydroxylation is 2. The monoisotopic (exact) mass is 190 g/mol. The molecule has 1 heterocycles. The third kappa shape index (κ3) is 1.25. The maximum atomic E-state index is 5.18. The lowest BCUT2D eigenvalue weighted by Gasteiger charge is -2.00. The van der Waals surface area contributed by atoms with Crippen LogP contribution in [0.3, 0.4) is 0 Å². The molecule has 0 aliphatic rings. The van der Waals surface area contributed by atoms with Gasteiger partial charge in [0.05, 0.1) is 18.1 Å². The summed E-state index contributed by atoms with van der Waals surface area (Å²) >= 11 is 0. The SMILES string of the molecule is CCc1nc2ccc(OC)cc2n1C. The molecular formula is C11H14N2O. The van der Waals surface area contributed by atoms with Gasteiger partial charge < -0.3 is 9.30 Å². The van der Waals surface area contributed by atoms with Crippen molar-refractivity contribution < 1.29 is 4.74 Å². The fourth-order valence-corrected chi connectivity index (χ4v) is 1.66. The Morgan fingerprint density at radius 1 is 1.43 bits per heavy atom. The summed E-state index contributed by atoms with van der Waals surface area (Å²) in [7, 11) is 3.71. The van der Waals surface area contributed by atoms with Crippen molar-refractivity contribution >= 4 is 11.0 Å². The van der Waals surface area contributed by atoms with Gasteiger partial charge >= 0.3 is 0 Å². The number of aromatic nitrogens is 2. The van der Waals surface area contributed by atoms with Gasteiger partial charge in [-0.25, -0.2) is 4.98 Å². The predicted octanol–water partition coefficient (Wildman–Crippen LogP) is 2.14. The summed E-state index contributed by atoms with van der Waals surface area (Å²) in [5, 5.41) is 0. The Bertz CT molecular complexity index is 460. The lowest BCUT2D eigenvalue weighted by molar-refractivity contribution is 0.415. The van der Waals surface area contributed by atoms with Gasteiger partial charge in [0.15, 0.2) is 0 Å². The minimum Gasteiger partial charge on any atom is -0.497 e. The molecule has 0 bridgehead atoms. The third-order valence-corrected chi connectivity index (χ3v) is 2.50. The van der Waals surface area contributed by atoms with Crippen molar-refractivity contribution in [3.63, 3.8) is 0 Å². The Morgan fingerprint density at radius 3 is 2.86 bits per heavy atom. The van der Waals surface area contributed by atoms with Gasteiger partial charge in [0.25, 0.3) is 0 Å². The summed E-state index contributed by atoms with van der Waals surface area (Å²) in [4.78, 5) is 4.51. The standard InChI is InChI=1S/C11H14N2O/c1-4-11-12-9-6-5-8(14-3)7-10(9)13(11)2/h5-7H,4H2,1-3H3. The van der Waals surface area contributed by atoms with Crippen LogP contribution in [0.25, 0.3) is 11.0 Å². The highest BCUT2D eigenvalue weighted by molar-refractivity contribution is 5.77. The van der Waals surface area contributed by atoms with E-state index in [1.165, 1.54) is 0 Å². The van der Waals surface area contributed by atoms with Gasteiger partial charge in [-0.3, -0.25) is 0 Å². The van der Waals surface area contributed by atoms with Crippen molar-refractivity contribution in [2.45, 2.75) is 13.3 Å². The fraction of sp³-hybridized carbons (Fsp3) is 0.364. The molecule has 0 fully saturated rings. The van der Waals surface area contributed by atoms with E-state index in [1.807, 2.05) is 25.2 Å². The topological polar surface area (TPSA) is 27.1 Å². The van der Waals surface area contributed by atoms with Crippen LogP contribution in [0.4, 0.5) is 0 Å². The highest BCUT2D eigenvalue weighted by atomic mass is 16.5. The molecule has 0 saturated carbocycles. The first kappa shape index (κ1) is 9.06. The highest BCUT2D eigenvalue weighted by Gasteiger charge is 2.06. The van der Waals surface area contributed by atoms with E-state index in [4.69, 9.17) is 4.74 Å². The second-order valence-corrected chi connectivity index (χ2v) is 3.30. The molecule has 74 valence electrons. The summed E-state index contributed by atoms with van der Waals surface area (Å²) in [5.74, 6) is 1.98. The molecular weight excluding hydrogens is 176 g/mol. The Labute approximate surface area is 83.3 Å². The molecule has 0 N–H and O–H groups in total. The van der Waals surface area contributed by atoms with Gasteiger partial charge in [0, 0.05) is 19.5 Å². The number of imidazole rings is 1. The fourth-order valence-electron chi connectivity index (χ4n) is 1.66. The first-order valence-corrected chi connectivity index (χ1v) is 4.75. The molecule has 0 amide bonds. The molecule has 0 radical (unpaired) electrons. The van der Waals surface area contributed by atoms with Crippen molar-refractivity contribution in [2.75, 3.05) is 7.11 Å². The van der Waals surface area contributed by atoms with Crippen LogP contribution < -0.4 is 4.74 Å². The Kier molecular flexibility index (Phi) is 2.15. The molecule has 0 aliphatic heterocycles. The van der Waals surface area contributed by atoms with E-state index >= 15 is 0 Å². The van der Waals surface area contributed by atoms with Gasteiger partial charge in [-0.05, 0) is 12.1 Å². The number of hydrogen-bond donors (Lipinski definition) is 0. The zero-order chi connectivity index (χ0) is 10.1. The van der Waals surface area contributed by atoms with Gasteiger partial charge in [-0.1, -0.05) is 6.92 Å². The molecule has 3 nitrogen and oxygen atoms in total. The third-order valence-electron chi connectivity index (χ3n) is 2.50. The van der Waals surface area contributed by atoms with Crippen LogP contribution in [0.5, 0.6) is 5.75 Å². The molecule has 0 unspecified atom stereocenters. The number of methoxy groups -OCH3 is 1. The summed E-state index contributed by atoms with van der Waals surface area (Å²) in [6.45, 7) is 2.11. The maximum Gasteiger partial charge on any atom is 0.121 e. The van der Waals surface area contributed by atoms with Crippen molar-refractivity contribution in [2.24, 2.45) is 7.05 Å². The van der Waals surface area contributed by atoms with Crippen molar-refractivity contribution in [3.05, 3.63) is 24.0 Å². The van der Waals surface area contributed by atoms with E-state index in [1.54, 1.807) is 7.11 Å². The zero-order valence-electron chi connectivity index (χ0n) is 8.74. The number of rotatable bonds is 2. The van der Waals surface area contributed by atoms with E-state index in [9.17, 15) is 0 Å². The van der Waals surface area contributed by atoms with Crippen molar-refractivity contribution in [1.29, 1.82) is 0 Å². The van der Waals surface area contributed by atoms with Crippen molar-refractivity contribution in [1.82, 2.24) is 9.55 Å². The lowest BCUT2D eigenvalue weighted by atomic mass is 10.3. The summed E-state index contributed by atoms with van der Waals surface area (Å²) in [6.07, 6.45) is 0.952. The smallest absolute Gasteiger partial charge is 0.121 e. The number of ether oxygens (including phenoxy) is 1. The molecule has 0 aliphatic carbocycles. The second-order valence-electron chi connectivity index (χ2n) is 3.30. The molecule has 2 aromatic rings. The predicted molar refractivity (Wildman–Crippen MR) is 56.6 cm³/mol. The van der Waals surface area contributed by atoms with Crippen LogP contribution in [0.1, 0.15) is 12.7 Å². The molecule has 2 rings (SSSR count). The zero-order valence-corrected chi connectivity index (χ0v) is 8.74.